The highest BCUT2D eigenvalue weighted by molar-refractivity contribution is 5.89. The van der Waals surface area contributed by atoms with Crippen LogP contribution in [0.1, 0.15) is 12.8 Å². The molecule has 128 valence electrons. The van der Waals surface area contributed by atoms with E-state index in [4.69, 9.17) is 4.98 Å². The maximum Gasteiger partial charge on any atom is 0.181 e. The van der Waals surface area contributed by atoms with Crippen molar-refractivity contribution in [2.45, 2.75) is 24.5 Å². The molecule has 3 aromatic heterocycles. The van der Waals surface area contributed by atoms with E-state index in [9.17, 15) is 5.11 Å². The van der Waals surface area contributed by atoms with E-state index in [2.05, 4.69) is 25.4 Å². The third kappa shape index (κ3) is 2.56. The molecule has 0 spiro atoms. The minimum absolute atomic E-state index is 0.115. The lowest BCUT2D eigenvalue weighted by Crippen LogP contribution is -2.57. The van der Waals surface area contributed by atoms with Gasteiger partial charge in [-0.1, -0.05) is 6.07 Å². The molecular weight excluding hydrogens is 316 g/mol. The Kier molecular flexibility index (Phi) is 3.26. The molecule has 1 saturated carbocycles. The van der Waals surface area contributed by atoms with E-state index in [-0.39, 0.29) is 6.04 Å². The molecular formula is C18H20N6O. The third-order valence-corrected chi connectivity index (χ3v) is 5.23. The van der Waals surface area contributed by atoms with E-state index < -0.39 is 5.60 Å². The van der Waals surface area contributed by atoms with E-state index in [1.54, 1.807) is 6.20 Å². The van der Waals surface area contributed by atoms with Gasteiger partial charge in [0, 0.05) is 31.2 Å². The number of rotatable bonds is 3. The Morgan fingerprint density at radius 2 is 2.12 bits per heavy atom. The number of hydrogen-bond donors (Lipinski definition) is 3. The van der Waals surface area contributed by atoms with Crippen LogP contribution >= 0.6 is 0 Å². The quantitative estimate of drug-likeness (QED) is 0.668. The fraction of sp³-hybridized carbons (Fsp3) is 0.389. The maximum atomic E-state index is 10.4. The van der Waals surface area contributed by atoms with Crippen molar-refractivity contribution < 1.29 is 5.11 Å². The van der Waals surface area contributed by atoms with Crippen LogP contribution in [-0.2, 0) is 0 Å². The molecule has 5 rings (SSSR count). The molecule has 25 heavy (non-hydrogen) atoms. The SMILES string of the molecule is OC1(C2CN(c3cccc(-c4[nH]nc5ncccc45)n3)CCN2)CC1. The van der Waals surface area contributed by atoms with Crippen LogP contribution in [0.2, 0.25) is 0 Å². The zero-order valence-electron chi connectivity index (χ0n) is 13.8. The number of nitrogens with zero attached hydrogens (tertiary/aromatic N) is 4. The Bertz CT molecular complexity index is 919. The summed E-state index contributed by atoms with van der Waals surface area (Å²) < 4.78 is 0. The molecule has 0 amide bonds. The summed E-state index contributed by atoms with van der Waals surface area (Å²) in [6.07, 6.45) is 3.51. The van der Waals surface area contributed by atoms with Gasteiger partial charge in [-0.2, -0.15) is 5.10 Å². The lowest BCUT2D eigenvalue weighted by atomic mass is 10.1. The minimum Gasteiger partial charge on any atom is -0.388 e. The second kappa shape index (κ2) is 5.50. The largest absolute Gasteiger partial charge is 0.388 e. The van der Waals surface area contributed by atoms with Gasteiger partial charge in [-0.25, -0.2) is 9.97 Å². The van der Waals surface area contributed by atoms with Gasteiger partial charge in [0.25, 0.3) is 0 Å². The lowest BCUT2D eigenvalue weighted by molar-refractivity contribution is 0.0995. The van der Waals surface area contributed by atoms with Crippen molar-refractivity contribution in [3.63, 3.8) is 0 Å². The van der Waals surface area contributed by atoms with Gasteiger partial charge >= 0.3 is 0 Å². The van der Waals surface area contributed by atoms with Crippen molar-refractivity contribution in [2.75, 3.05) is 24.5 Å². The molecule has 1 saturated heterocycles. The van der Waals surface area contributed by atoms with Crippen LogP contribution in [0.15, 0.2) is 36.5 Å². The average Bonchev–Trinajstić information content (AvgIpc) is 3.28. The first-order valence-corrected chi connectivity index (χ1v) is 8.70. The van der Waals surface area contributed by atoms with E-state index >= 15 is 0 Å². The number of aromatic nitrogens is 4. The second-order valence-electron chi connectivity index (χ2n) is 6.91. The fourth-order valence-corrected chi connectivity index (χ4v) is 3.58. The van der Waals surface area contributed by atoms with Gasteiger partial charge in [0.05, 0.1) is 23.0 Å². The van der Waals surface area contributed by atoms with Crippen molar-refractivity contribution in [2.24, 2.45) is 0 Å². The summed E-state index contributed by atoms with van der Waals surface area (Å²) in [6.45, 7) is 2.52. The van der Waals surface area contributed by atoms with Gasteiger partial charge in [0.2, 0.25) is 0 Å². The Balaban J connectivity index is 1.46. The molecule has 0 bridgehead atoms. The highest BCUT2D eigenvalue weighted by atomic mass is 16.3. The molecule has 1 aliphatic carbocycles. The number of anilines is 1. The van der Waals surface area contributed by atoms with Crippen molar-refractivity contribution in [3.8, 4) is 11.4 Å². The summed E-state index contributed by atoms with van der Waals surface area (Å²) in [4.78, 5) is 11.4. The van der Waals surface area contributed by atoms with Crippen molar-refractivity contribution >= 4 is 16.9 Å². The molecule has 1 atom stereocenters. The molecule has 1 aliphatic heterocycles. The van der Waals surface area contributed by atoms with Crippen LogP contribution in [0.25, 0.3) is 22.4 Å². The van der Waals surface area contributed by atoms with E-state index in [0.717, 1.165) is 55.1 Å². The summed E-state index contributed by atoms with van der Waals surface area (Å²) in [5, 5.41) is 22.1. The predicted octanol–water partition coefficient (Wildman–Crippen LogP) is 1.32. The number of hydrogen-bond acceptors (Lipinski definition) is 6. The first-order valence-electron chi connectivity index (χ1n) is 8.70. The smallest absolute Gasteiger partial charge is 0.181 e. The van der Waals surface area contributed by atoms with E-state index in [1.807, 2.05) is 30.3 Å². The van der Waals surface area contributed by atoms with E-state index in [0.29, 0.717) is 5.65 Å². The number of pyridine rings is 2. The first-order chi connectivity index (χ1) is 12.2. The Hall–Kier alpha value is -2.51. The summed E-state index contributed by atoms with van der Waals surface area (Å²) in [5.41, 5.74) is 1.91. The topological polar surface area (TPSA) is 90.0 Å². The highest BCUT2D eigenvalue weighted by Crippen LogP contribution is 2.39. The zero-order valence-corrected chi connectivity index (χ0v) is 13.8. The number of piperazine rings is 1. The van der Waals surface area contributed by atoms with Crippen molar-refractivity contribution in [1.29, 1.82) is 0 Å². The molecule has 2 aliphatic rings. The van der Waals surface area contributed by atoms with Gasteiger partial charge < -0.3 is 15.3 Å². The minimum atomic E-state index is -0.526. The summed E-state index contributed by atoms with van der Waals surface area (Å²) >= 11 is 0. The first kappa shape index (κ1) is 14.8. The van der Waals surface area contributed by atoms with Crippen molar-refractivity contribution in [1.82, 2.24) is 25.5 Å². The van der Waals surface area contributed by atoms with Crippen LogP contribution in [0.3, 0.4) is 0 Å². The zero-order chi connectivity index (χ0) is 16.9. The molecule has 7 nitrogen and oxygen atoms in total. The Morgan fingerprint density at radius 3 is 3.00 bits per heavy atom. The number of H-pyrrole nitrogens is 1. The molecule has 0 radical (unpaired) electrons. The van der Waals surface area contributed by atoms with Gasteiger partial charge in [0.15, 0.2) is 5.65 Å². The van der Waals surface area contributed by atoms with Gasteiger partial charge in [-0.3, -0.25) is 5.10 Å². The van der Waals surface area contributed by atoms with Crippen LogP contribution < -0.4 is 10.2 Å². The maximum absolute atomic E-state index is 10.4. The average molecular weight is 336 g/mol. The van der Waals surface area contributed by atoms with E-state index in [1.165, 1.54) is 0 Å². The molecule has 3 aromatic rings. The summed E-state index contributed by atoms with van der Waals surface area (Å²) in [5.74, 6) is 0.930. The molecule has 2 fully saturated rings. The number of nitrogens with one attached hydrogen (secondary N) is 2. The van der Waals surface area contributed by atoms with Gasteiger partial charge in [0.1, 0.15) is 5.82 Å². The lowest BCUT2D eigenvalue weighted by Gasteiger charge is -2.37. The number of fused-ring (bicyclic) bond motifs is 1. The monoisotopic (exact) mass is 336 g/mol. The molecule has 1 unspecified atom stereocenters. The van der Waals surface area contributed by atoms with Crippen LogP contribution in [0.4, 0.5) is 5.82 Å². The second-order valence-corrected chi connectivity index (χ2v) is 6.91. The molecule has 0 aromatic carbocycles. The van der Waals surface area contributed by atoms with Crippen LogP contribution in [0.5, 0.6) is 0 Å². The molecule has 3 N–H and O–H groups in total. The predicted molar refractivity (Wildman–Crippen MR) is 95.3 cm³/mol. The van der Waals surface area contributed by atoms with Crippen molar-refractivity contribution in [3.05, 3.63) is 36.5 Å². The summed E-state index contributed by atoms with van der Waals surface area (Å²) in [6, 6.07) is 10.0. The number of aromatic amines is 1. The molecule has 4 heterocycles. The number of aliphatic hydroxyl groups is 1. The fourth-order valence-electron chi connectivity index (χ4n) is 3.58. The van der Waals surface area contributed by atoms with Crippen LogP contribution in [0, 0.1) is 0 Å². The van der Waals surface area contributed by atoms with Gasteiger partial charge in [-0.15, -0.1) is 0 Å². The van der Waals surface area contributed by atoms with Gasteiger partial charge in [-0.05, 0) is 37.1 Å². The highest BCUT2D eigenvalue weighted by Gasteiger charge is 2.49. The standard InChI is InChI=1S/C18H20N6O/c25-18(6-7-18)14-11-24(10-9-19-14)15-5-1-4-13(21-15)16-12-3-2-8-20-17(12)23-22-16/h1-5,8,14,19,25H,6-7,9-11H2,(H,20,22,23). The van der Waals surface area contributed by atoms with Crippen LogP contribution in [-0.4, -0.2) is 56.5 Å². The Labute approximate surface area is 145 Å². The molecule has 7 heteroatoms. The Morgan fingerprint density at radius 1 is 1.20 bits per heavy atom. The third-order valence-electron chi connectivity index (χ3n) is 5.23. The summed E-state index contributed by atoms with van der Waals surface area (Å²) in [7, 11) is 0. The normalized spacial score (nSPS) is 22.3.